The van der Waals surface area contributed by atoms with Crippen molar-refractivity contribution in [2.24, 2.45) is 5.92 Å². The van der Waals surface area contributed by atoms with Crippen LogP contribution in [-0.4, -0.2) is 30.4 Å². The largest absolute Gasteiger partial charge is 0.496 e. The van der Waals surface area contributed by atoms with E-state index < -0.39 is 0 Å². The van der Waals surface area contributed by atoms with Gasteiger partial charge < -0.3 is 15.0 Å². The van der Waals surface area contributed by atoms with Crippen LogP contribution in [0.4, 0.5) is 5.69 Å². The van der Waals surface area contributed by atoms with Crippen molar-refractivity contribution in [3.05, 3.63) is 59.2 Å². The molecule has 1 heterocycles. The van der Waals surface area contributed by atoms with E-state index >= 15 is 0 Å². The first kappa shape index (κ1) is 19.9. The van der Waals surface area contributed by atoms with Gasteiger partial charge in [0.15, 0.2) is 0 Å². The third kappa shape index (κ3) is 4.19. The summed E-state index contributed by atoms with van der Waals surface area (Å²) in [5, 5.41) is 3.09. The number of hydrogen-bond donors (Lipinski definition) is 1. The van der Waals surface area contributed by atoms with E-state index in [1.807, 2.05) is 49.4 Å². The van der Waals surface area contributed by atoms with Gasteiger partial charge in [0.05, 0.1) is 13.0 Å². The van der Waals surface area contributed by atoms with Crippen molar-refractivity contribution >= 4 is 17.5 Å². The number of amides is 2. The minimum absolute atomic E-state index is 0.0000715. The summed E-state index contributed by atoms with van der Waals surface area (Å²) in [6.07, 6.45) is 0.240. The van der Waals surface area contributed by atoms with E-state index in [0.29, 0.717) is 19.0 Å². The molecule has 1 aliphatic rings. The Balaban J connectivity index is 1.71. The SMILES string of the molecule is COc1ccccc1CN1CC(C(=O)Nc2c(C)cccc2C(C)C)CC1=O. The number of ether oxygens (including phenoxy) is 1. The second kappa shape index (κ2) is 8.46. The summed E-state index contributed by atoms with van der Waals surface area (Å²) in [4.78, 5) is 27.1. The van der Waals surface area contributed by atoms with Gasteiger partial charge in [-0.3, -0.25) is 9.59 Å². The molecular weight excluding hydrogens is 352 g/mol. The number of para-hydroxylation sites is 2. The van der Waals surface area contributed by atoms with Gasteiger partial charge >= 0.3 is 0 Å². The second-order valence-corrected chi connectivity index (χ2v) is 7.67. The fraction of sp³-hybridized carbons (Fsp3) is 0.391. The number of nitrogens with one attached hydrogen (secondary N) is 1. The molecule has 0 bridgehead atoms. The van der Waals surface area contributed by atoms with E-state index in [2.05, 4.69) is 19.2 Å². The normalized spacial score (nSPS) is 16.5. The summed E-state index contributed by atoms with van der Waals surface area (Å²) in [6.45, 7) is 7.09. The third-order valence-corrected chi connectivity index (χ3v) is 5.31. The van der Waals surface area contributed by atoms with Crippen LogP contribution < -0.4 is 10.1 Å². The molecule has 0 aromatic heterocycles. The number of benzene rings is 2. The highest BCUT2D eigenvalue weighted by Gasteiger charge is 2.35. The molecule has 1 fully saturated rings. The highest BCUT2D eigenvalue weighted by molar-refractivity contribution is 5.98. The predicted octanol–water partition coefficient (Wildman–Crippen LogP) is 4.11. The van der Waals surface area contributed by atoms with Crippen LogP contribution in [0.5, 0.6) is 5.75 Å². The van der Waals surface area contributed by atoms with Gasteiger partial charge in [-0.2, -0.15) is 0 Å². The van der Waals surface area contributed by atoms with Crippen LogP contribution in [0.3, 0.4) is 0 Å². The van der Waals surface area contributed by atoms with Crippen molar-refractivity contribution in [2.45, 2.75) is 39.7 Å². The molecule has 1 unspecified atom stereocenters. The Morgan fingerprint density at radius 3 is 2.68 bits per heavy atom. The maximum absolute atomic E-state index is 12.9. The third-order valence-electron chi connectivity index (χ3n) is 5.31. The number of rotatable bonds is 6. The molecule has 2 aromatic rings. The molecule has 3 rings (SSSR count). The molecule has 1 N–H and O–H groups in total. The monoisotopic (exact) mass is 380 g/mol. The highest BCUT2D eigenvalue weighted by atomic mass is 16.5. The van der Waals surface area contributed by atoms with Gasteiger partial charge in [-0.1, -0.05) is 50.2 Å². The maximum Gasteiger partial charge on any atom is 0.229 e. The molecule has 1 atom stereocenters. The number of carbonyl (C=O) groups excluding carboxylic acids is 2. The van der Waals surface area contributed by atoms with E-state index in [9.17, 15) is 9.59 Å². The standard InChI is InChI=1S/C23H28N2O3/c1-15(2)19-10-7-8-16(3)22(19)24-23(27)18-12-21(26)25(14-18)13-17-9-5-6-11-20(17)28-4/h5-11,15,18H,12-14H2,1-4H3,(H,24,27). The van der Waals surface area contributed by atoms with Gasteiger partial charge in [0, 0.05) is 30.8 Å². The first-order valence-corrected chi connectivity index (χ1v) is 9.70. The summed E-state index contributed by atoms with van der Waals surface area (Å²) >= 11 is 0. The lowest BCUT2D eigenvalue weighted by molar-refractivity contribution is -0.128. The molecule has 0 saturated carbocycles. The average molecular weight is 380 g/mol. The van der Waals surface area contributed by atoms with Crippen LogP contribution in [-0.2, 0) is 16.1 Å². The minimum atomic E-state index is -0.346. The Kier molecular flexibility index (Phi) is 6.02. The highest BCUT2D eigenvalue weighted by Crippen LogP contribution is 2.30. The van der Waals surface area contributed by atoms with Crippen LogP contribution in [0, 0.1) is 12.8 Å². The van der Waals surface area contributed by atoms with Crippen LogP contribution in [0.1, 0.15) is 42.9 Å². The van der Waals surface area contributed by atoms with Gasteiger partial charge in [0.25, 0.3) is 0 Å². The Morgan fingerprint density at radius 1 is 1.21 bits per heavy atom. The van der Waals surface area contributed by atoms with Crippen LogP contribution in [0.2, 0.25) is 0 Å². The van der Waals surface area contributed by atoms with E-state index in [-0.39, 0.29) is 24.2 Å². The quantitative estimate of drug-likeness (QED) is 0.820. The molecule has 2 aromatic carbocycles. The first-order valence-electron chi connectivity index (χ1n) is 9.70. The van der Waals surface area contributed by atoms with Crippen molar-refractivity contribution in [3.63, 3.8) is 0 Å². The smallest absolute Gasteiger partial charge is 0.229 e. The van der Waals surface area contributed by atoms with Crippen molar-refractivity contribution in [1.29, 1.82) is 0 Å². The van der Waals surface area contributed by atoms with E-state index in [0.717, 1.165) is 28.1 Å². The van der Waals surface area contributed by atoms with E-state index in [1.165, 1.54) is 0 Å². The van der Waals surface area contributed by atoms with Crippen molar-refractivity contribution in [2.75, 3.05) is 19.0 Å². The van der Waals surface area contributed by atoms with Crippen LogP contribution >= 0.6 is 0 Å². The summed E-state index contributed by atoms with van der Waals surface area (Å²) in [7, 11) is 1.62. The average Bonchev–Trinajstić information content (AvgIpc) is 3.04. The van der Waals surface area contributed by atoms with E-state index in [4.69, 9.17) is 4.74 Å². The molecule has 148 valence electrons. The van der Waals surface area contributed by atoms with Gasteiger partial charge in [0.2, 0.25) is 11.8 Å². The molecular formula is C23H28N2O3. The van der Waals surface area contributed by atoms with Gasteiger partial charge in [-0.25, -0.2) is 0 Å². The molecule has 2 amide bonds. The minimum Gasteiger partial charge on any atom is -0.496 e. The van der Waals surface area contributed by atoms with E-state index in [1.54, 1.807) is 12.0 Å². The summed E-state index contributed by atoms with van der Waals surface area (Å²) in [6, 6.07) is 13.7. The molecule has 28 heavy (non-hydrogen) atoms. The predicted molar refractivity (Wildman–Crippen MR) is 110 cm³/mol. The Bertz CT molecular complexity index is 876. The Hall–Kier alpha value is -2.82. The van der Waals surface area contributed by atoms with Gasteiger partial charge in [0.1, 0.15) is 5.75 Å². The zero-order valence-electron chi connectivity index (χ0n) is 17.0. The summed E-state index contributed by atoms with van der Waals surface area (Å²) in [5.74, 6) is 0.626. The molecule has 0 spiro atoms. The van der Waals surface area contributed by atoms with Crippen LogP contribution in [0.25, 0.3) is 0 Å². The van der Waals surface area contributed by atoms with Crippen molar-refractivity contribution in [1.82, 2.24) is 4.90 Å². The number of carbonyl (C=O) groups is 2. The van der Waals surface area contributed by atoms with Crippen molar-refractivity contribution in [3.8, 4) is 5.75 Å². The summed E-state index contributed by atoms with van der Waals surface area (Å²) in [5.41, 5.74) is 3.97. The fourth-order valence-corrected chi connectivity index (χ4v) is 3.71. The lowest BCUT2D eigenvalue weighted by Gasteiger charge is -2.20. The number of likely N-dealkylation sites (tertiary alicyclic amines) is 1. The topological polar surface area (TPSA) is 58.6 Å². The molecule has 1 saturated heterocycles. The lowest BCUT2D eigenvalue weighted by Crippen LogP contribution is -2.28. The Morgan fingerprint density at radius 2 is 1.96 bits per heavy atom. The maximum atomic E-state index is 12.9. The molecule has 0 aliphatic carbocycles. The number of nitrogens with zero attached hydrogens (tertiary/aromatic N) is 1. The fourth-order valence-electron chi connectivity index (χ4n) is 3.71. The zero-order valence-corrected chi connectivity index (χ0v) is 17.0. The number of hydrogen-bond acceptors (Lipinski definition) is 3. The molecule has 5 heteroatoms. The number of anilines is 1. The molecule has 5 nitrogen and oxygen atoms in total. The molecule has 1 aliphatic heterocycles. The number of aryl methyl sites for hydroxylation is 1. The van der Waals surface area contributed by atoms with Gasteiger partial charge in [-0.15, -0.1) is 0 Å². The van der Waals surface area contributed by atoms with Crippen molar-refractivity contribution < 1.29 is 14.3 Å². The molecule has 0 radical (unpaired) electrons. The van der Waals surface area contributed by atoms with Gasteiger partial charge in [-0.05, 0) is 30.0 Å². The lowest BCUT2D eigenvalue weighted by atomic mass is 9.97. The Labute approximate surface area is 166 Å². The second-order valence-electron chi connectivity index (χ2n) is 7.67. The first-order chi connectivity index (χ1) is 13.4. The zero-order chi connectivity index (χ0) is 20.3. The van der Waals surface area contributed by atoms with Crippen LogP contribution in [0.15, 0.2) is 42.5 Å². The summed E-state index contributed by atoms with van der Waals surface area (Å²) < 4.78 is 5.38. The number of methoxy groups -OCH3 is 1.